The molecule has 1 amide bonds. The molecule has 0 saturated carbocycles. The molecule has 0 bridgehead atoms. The largest absolute Gasteiger partial charge is 0.417 e. The van der Waals surface area contributed by atoms with Gasteiger partial charge in [0.25, 0.3) is 5.91 Å². The Kier molecular flexibility index (Phi) is 6.03. The van der Waals surface area contributed by atoms with Crippen molar-refractivity contribution in [2.24, 2.45) is 0 Å². The highest BCUT2D eigenvalue weighted by Crippen LogP contribution is 2.36. The highest BCUT2D eigenvalue weighted by molar-refractivity contribution is 5.97. The number of nitrogens with zero attached hydrogens (tertiary/aromatic N) is 3. The second-order valence-electron chi connectivity index (χ2n) is 8.37. The Labute approximate surface area is 179 Å². The first kappa shape index (κ1) is 21.8. The lowest BCUT2D eigenvalue weighted by Gasteiger charge is -2.49. The normalized spacial score (nSPS) is 22.1. The van der Waals surface area contributed by atoms with Gasteiger partial charge >= 0.3 is 6.18 Å². The molecule has 1 aromatic heterocycles. The lowest BCUT2D eigenvalue weighted by molar-refractivity contribution is -0.161. The highest BCUT2D eigenvalue weighted by Gasteiger charge is 2.46. The first-order valence-electron chi connectivity index (χ1n) is 10.5. The monoisotopic (exact) mass is 433 g/mol. The van der Waals surface area contributed by atoms with Crippen LogP contribution in [0.1, 0.15) is 30.9 Å². The minimum atomic E-state index is -4.51. The zero-order valence-electron chi connectivity index (χ0n) is 17.4. The summed E-state index contributed by atoms with van der Waals surface area (Å²) in [7, 11) is 0. The van der Waals surface area contributed by atoms with Gasteiger partial charge in [-0.1, -0.05) is 30.3 Å². The maximum atomic E-state index is 13.1. The molecule has 1 unspecified atom stereocenters. The van der Waals surface area contributed by atoms with Gasteiger partial charge in [-0.3, -0.25) is 9.78 Å². The number of carbonyl (C=O) groups excluding carboxylic acids is 1. The Balaban J connectivity index is 1.44. The van der Waals surface area contributed by atoms with Crippen LogP contribution in [0.25, 0.3) is 0 Å². The average Bonchev–Trinajstić information content (AvgIpc) is 2.76. The average molecular weight is 433 g/mol. The maximum Gasteiger partial charge on any atom is 0.417 e. The third kappa shape index (κ3) is 4.91. The number of alkyl halides is 3. The van der Waals surface area contributed by atoms with Crippen molar-refractivity contribution in [3.8, 4) is 0 Å². The van der Waals surface area contributed by atoms with E-state index in [2.05, 4.69) is 22.0 Å². The summed E-state index contributed by atoms with van der Waals surface area (Å²) in [6.45, 7) is 4.49. The molecular weight excluding hydrogens is 407 g/mol. The minimum absolute atomic E-state index is 0.167. The van der Waals surface area contributed by atoms with Crippen LogP contribution in [0.3, 0.4) is 0 Å². The minimum Gasteiger partial charge on any atom is -0.360 e. The first-order valence-corrected chi connectivity index (χ1v) is 10.5. The van der Waals surface area contributed by atoms with E-state index in [1.807, 2.05) is 18.2 Å². The molecule has 0 aliphatic carbocycles. The van der Waals surface area contributed by atoms with Crippen LogP contribution in [0.2, 0.25) is 0 Å². The van der Waals surface area contributed by atoms with E-state index >= 15 is 0 Å². The van der Waals surface area contributed by atoms with Crippen LogP contribution in [0, 0.1) is 0 Å². The molecule has 31 heavy (non-hydrogen) atoms. The predicted octanol–water partition coefficient (Wildman–Crippen LogP) is 3.93. The van der Waals surface area contributed by atoms with Crippen molar-refractivity contribution < 1.29 is 22.7 Å². The maximum absolute atomic E-state index is 13.1. The fourth-order valence-electron chi connectivity index (χ4n) is 4.39. The molecule has 1 atom stereocenters. The molecule has 1 spiro atoms. The highest BCUT2D eigenvalue weighted by atomic mass is 19.4. The summed E-state index contributed by atoms with van der Waals surface area (Å²) >= 11 is 0. The smallest absolute Gasteiger partial charge is 0.360 e. The van der Waals surface area contributed by atoms with Gasteiger partial charge in [0, 0.05) is 25.8 Å². The van der Waals surface area contributed by atoms with Crippen molar-refractivity contribution in [3.05, 3.63) is 59.9 Å². The third-order valence-electron chi connectivity index (χ3n) is 6.18. The number of aromatic nitrogens is 1. The van der Waals surface area contributed by atoms with Crippen molar-refractivity contribution in [3.63, 3.8) is 0 Å². The van der Waals surface area contributed by atoms with Gasteiger partial charge in [-0.15, -0.1) is 0 Å². The molecule has 2 aliphatic heterocycles. The van der Waals surface area contributed by atoms with E-state index < -0.39 is 23.4 Å². The van der Waals surface area contributed by atoms with E-state index in [-0.39, 0.29) is 18.1 Å². The number of rotatable bonds is 4. The topological polar surface area (TPSA) is 45.7 Å². The number of likely N-dealkylation sites (tertiary alicyclic amines) is 1. The number of piperidine rings is 1. The van der Waals surface area contributed by atoms with Crippen molar-refractivity contribution >= 4 is 11.6 Å². The molecule has 166 valence electrons. The van der Waals surface area contributed by atoms with Crippen molar-refractivity contribution in [1.82, 2.24) is 9.88 Å². The van der Waals surface area contributed by atoms with Gasteiger partial charge < -0.3 is 14.5 Å². The molecular formula is C23H26F3N3O2. The number of carbonyl (C=O) groups is 1. The number of benzene rings is 1. The quantitative estimate of drug-likeness (QED) is 0.733. The molecule has 2 saturated heterocycles. The van der Waals surface area contributed by atoms with E-state index in [0.29, 0.717) is 0 Å². The number of hydrogen-bond donors (Lipinski definition) is 0. The van der Waals surface area contributed by atoms with Gasteiger partial charge in [-0.05, 0) is 37.8 Å². The zero-order valence-corrected chi connectivity index (χ0v) is 17.4. The first-order chi connectivity index (χ1) is 14.8. The molecule has 4 rings (SSSR count). The van der Waals surface area contributed by atoms with Gasteiger partial charge in [-0.25, -0.2) is 0 Å². The molecule has 3 heterocycles. The molecule has 8 heteroatoms. The van der Waals surface area contributed by atoms with Crippen LogP contribution < -0.4 is 4.90 Å². The van der Waals surface area contributed by atoms with Crippen molar-refractivity contribution in [1.29, 1.82) is 0 Å². The summed E-state index contributed by atoms with van der Waals surface area (Å²) in [5, 5.41) is 0. The number of amides is 1. The van der Waals surface area contributed by atoms with Gasteiger partial charge in [-0.2, -0.15) is 13.2 Å². The molecule has 2 aromatic rings. The van der Waals surface area contributed by atoms with E-state index in [9.17, 15) is 18.0 Å². The van der Waals surface area contributed by atoms with Gasteiger partial charge in [0.15, 0.2) is 0 Å². The molecule has 0 N–H and O–H groups in total. The van der Waals surface area contributed by atoms with Gasteiger partial charge in [0.2, 0.25) is 0 Å². The number of ether oxygens (including phenoxy) is 1. The van der Waals surface area contributed by atoms with E-state index in [1.165, 1.54) is 16.7 Å². The Bertz CT molecular complexity index is 912. The molecule has 1 aromatic carbocycles. The lowest BCUT2D eigenvalue weighted by atomic mass is 9.88. The zero-order chi connectivity index (χ0) is 22.1. The molecule has 2 fully saturated rings. The summed E-state index contributed by atoms with van der Waals surface area (Å²) in [5.74, 6) is -0.335. The number of pyridine rings is 1. The van der Waals surface area contributed by atoms with Crippen molar-refractivity contribution in [2.75, 3.05) is 31.1 Å². The Morgan fingerprint density at radius 3 is 2.55 bits per heavy atom. The number of morpholine rings is 1. The summed E-state index contributed by atoms with van der Waals surface area (Å²) < 4.78 is 45.5. The third-order valence-corrected chi connectivity index (χ3v) is 6.18. The molecule has 5 nitrogen and oxygen atoms in total. The Hall–Kier alpha value is -2.45. The summed E-state index contributed by atoms with van der Waals surface area (Å²) in [4.78, 5) is 20.2. The summed E-state index contributed by atoms with van der Waals surface area (Å²) in [6.07, 6.45) is -0.714. The van der Waals surface area contributed by atoms with Crippen LogP contribution in [0.5, 0.6) is 0 Å². The van der Waals surface area contributed by atoms with Crippen molar-refractivity contribution in [2.45, 2.75) is 44.1 Å². The van der Waals surface area contributed by atoms with Crippen LogP contribution >= 0.6 is 0 Å². The van der Waals surface area contributed by atoms with Crippen LogP contribution in [-0.4, -0.2) is 53.7 Å². The van der Waals surface area contributed by atoms with Crippen LogP contribution in [0.4, 0.5) is 18.9 Å². The fraction of sp³-hybridized carbons (Fsp3) is 0.478. The summed E-state index contributed by atoms with van der Waals surface area (Å²) in [5.41, 5.74) is 0.0480. The van der Waals surface area contributed by atoms with E-state index in [4.69, 9.17) is 4.74 Å². The second kappa shape index (κ2) is 8.59. The number of halogens is 3. The fourth-order valence-corrected chi connectivity index (χ4v) is 4.39. The Morgan fingerprint density at radius 2 is 1.87 bits per heavy atom. The molecule has 2 aliphatic rings. The van der Waals surface area contributed by atoms with Gasteiger partial charge in [0.05, 0.1) is 29.6 Å². The van der Waals surface area contributed by atoms with Gasteiger partial charge in [0.1, 0.15) is 6.10 Å². The predicted molar refractivity (Wildman–Crippen MR) is 111 cm³/mol. The molecule has 0 radical (unpaired) electrons. The van der Waals surface area contributed by atoms with Crippen LogP contribution in [0.15, 0.2) is 48.8 Å². The van der Waals surface area contributed by atoms with Crippen LogP contribution in [-0.2, 0) is 22.1 Å². The summed E-state index contributed by atoms with van der Waals surface area (Å²) in [6, 6.07) is 11.3. The number of hydrogen-bond acceptors (Lipinski definition) is 4. The Morgan fingerprint density at radius 1 is 1.16 bits per heavy atom. The standard InChI is InChI=1S/C23H26F3N3O2/c1-17-21(30)29(20-13-19(14-27-15-20)23(24,25)26)16-22(31-17)8-11-28(12-9-22)10-7-18-5-3-2-4-6-18/h2-6,13-15,17H,7-12,16H2,1H3. The van der Waals surface area contributed by atoms with E-state index in [0.717, 1.165) is 51.2 Å². The number of anilines is 1. The lowest BCUT2D eigenvalue weighted by Crippen LogP contribution is -2.61. The van der Waals surface area contributed by atoms with E-state index in [1.54, 1.807) is 6.92 Å². The SMILES string of the molecule is CC1OC2(CCN(CCc3ccccc3)CC2)CN(c2cncc(C(F)(F)F)c2)C1=O. The second-order valence-corrected chi connectivity index (χ2v) is 8.37.